The first kappa shape index (κ1) is 16.2. The molecule has 21 heavy (non-hydrogen) atoms. The third kappa shape index (κ3) is 4.14. The van der Waals surface area contributed by atoms with Crippen molar-refractivity contribution in [2.45, 2.75) is 39.3 Å². The molecule has 2 aromatic rings. The quantitative estimate of drug-likeness (QED) is 0.812. The molecule has 1 unspecified atom stereocenters. The standard InChI is InChI=1S/C16H21BrFN3/c1-3-8-21-16(14(17)11-20-21)15(19-4-2)10-12-6-5-7-13(18)9-12/h5-7,9,11,15,19H,3-4,8,10H2,1-2H3. The van der Waals surface area contributed by atoms with Gasteiger partial charge < -0.3 is 5.32 Å². The van der Waals surface area contributed by atoms with Crippen LogP contribution in [0.25, 0.3) is 0 Å². The first-order valence-corrected chi connectivity index (χ1v) is 8.14. The summed E-state index contributed by atoms with van der Waals surface area (Å²) in [7, 11) is 0. The van der Waals surface area contributed by atoms with Crippen LogP contribution in [0.3, 0.4) is 0 Å². The van der Waals surface area contributed by atoms with Crippen LogP contribution in [0.5, 0.6) is 0 Å². The van der Waals surface area contributed by atoms with E-state index in [0.717, 1.165) is 41.7 Å². The molecule has 0 saturated carbocycles. The molecule has 0 aliphatic heterocycles. The van der Waals surface area contributed by atoms with E-state index in [1.807, 2.05) is 16.9 Å². The minimum absolute atomic E-state index is 0.111. The van der Waals surface area contributed by atoms with Crippen LogP contribution in [0, 0.1) is 5.82 Å². The van der Waals surface area contributed by atoms with E-state index in [2.05, 4.69) is 40.2 Å². The zero-order chi connectivity index (χ0) is 15.2. The lowest BCUT2D eigenvalue weighted by molar-refractivity contribution is 0.475. The topological polar surface area (TPSA) is 29.9 Å². The Morgan fingerprint density at radius 3 is 2.86 bits per heavy atom. The Morgan fingerprint density at radius 2 is 2.19 bits per heavy atom. The second-order valence-corrected chi connectivity index (χ2v) is 5.90. The third-order valence-corrected chi connectivity index (χ3v) is 3.99. The van der Waals surface area contributed by atoms with Crippen molar-refractivity contribution in [3.05, 3.63) is 52.0 Å². The number of likely N-dealkylation sites (N-methyl/N-ethyl adjacent to an activating group) is 1. The average Bonchev–Trinajstić information content (AvgIpc) is 2.80. The largest absolute Gasteiger partial charge is 0.309 e. The molecule has 0 aliphatic carbocycles. The fourth-order valence-corrected chi connectivity index (χ4v) is 3.09. The minimum Gasteiger partial charge on any atom is -0.309 e. The molecule has 0 aliphatic rings. The van der Waals surface area contributed by atoms with Crippen molar-refractivity contribution in [1.29, 1.82) is 0 Å². The molecular formula is C16H21BrFN3. The molecule has 114 valence electrons. The first-order valence-electron chi connectivity index (χ1n) is 7.34. The zero-order valence-electron chi connectivity index (χ0n) is 12.4. The number of benzene rings is 1. The Morgan fingerprint density at radius 1 is 1.38 bits per heavy atom. The SMILES string of the molecule is CCCn1ncc(Br)c1C(Cc1cccc(F)c1)NCC. The zero-order valence-corrected chi connectivity index (χ0v) is 14.0. The van der Waals surface area contributed by atoms with Gasteiger partial charge >= 0.3 is 0 Å². The number of nitrogens with zero attached hydrogens (tertiary/aromatic N) is 2. The molecule has 2 rings (SSSR count). The van der Waals surface area contributed by atoms with Crippen LogP contribution in [0.2, 0.25) is 0 Å². The Balaban J connectivity index is 2.28. The lowest BCUT2D eigenvalue weighted by Crippen LogP contribution is -2.26. The predicted octanol–water partition coefficient (Wildman–Crippen LogP) is 4.09. The second kappa shape index (κ2) is 7.71. The van der Waals surface area contributed by atoms with Gasteiger partial charge in [-0.25, -0.2) is 4.39 Å². The van der Waals surface area contributed by atoms with E-state index in [1.54, 1.807) is 12.1 Å². The Hall–Kier alpha value is -1.20. The van der Waals surface area contributed by atoms with Gasteiger partial charge in [0.15, 0.2) is 0 Å². The summed E-state index contributed by atoms with van der Waals surface area (Å²) < 4.78 is 16.4. The van der Waals surface area contributed by atoms with Crippen LogP contribution < -0.4 is 5.32 Å². The van der Waals surface area contributed by atoms with Gasteiger partial charge in [0, 0.05) is 6.54 Å². The van der Waals surface area contributed by atoms with Crippen LogP contribution in [0.15, 0.2) is 34.9 Å². The molecule has 0 bridgehead atoms. The van der Waals surface area contributed by atoms with Gasteiger partial charge in [0.05, 0.1) is 22.4 Å². The maximum atomic E-state index is 13.4. The van der Waals surface area contributed by atoms with E-state index in [-0.39, 0.29) is 11.9 Å². The molecule has 3 nitrogen and oxygen atoms in total. The van der Waals surface area contributed by atoms with E-state index in [4.69, 9.17) is 0 Å². The Labute approximate surface area is 133 Å². The second-order valence-electron chi connectivity index (χ2n) is 5.05. The molecule has 1 N–H and O–H groups in total. The number of rotatable bonds is 7. The number of hydrogen-bond acceptors (Lipinski definition) is 2. The van der Waals surface area contributed by atoms with Gasteiger partial charge in [0.25, 0.3) is 0 Å². The van der Waals surface area contributed by atoms with Gasteiger partial charge in [-0.2, -0.15) is 5.10 Å². The van der Waals surface area contributed by atoms with Gasteiger partial charge in [-0.05, 0) is 53.0 Å². The maximum absolute atomic E-state index is 13.4. The Kier molecular flexibility index (Phi) is 5.94. The van der Waals surface area contributed by atoms with Crippen molar-refractivity contribution in [3.63, 3.8) is 0 Å². The molecular weight excluding hydrogens is 333 g/mol. The maximum Gasteiger partial charge on any atom is 0.123 e. The average molecular weight is 354 g/mol. The van der Waals surface area contributed by atoms with E-state index >= 15 is 0 Å². The number of halogens is 2. The highest BCUT2D eigenvalue weighted by Gasteiger charge is 2.19. The normalized spacial score (nSPS) is 12.6. The summed E-state index contributed by atoms with van der Waals surface area (Å²) in [5, 5.41) is 7.90. The summed E-state index contributed by atoms with van der Waals surface area (Å²) in [5.74, 6) is -0.191. The molecule has 0 saturated heterocycles. The van der Waals surface area contributed by atoms with Gasteiger partial charge in [0.2, 0.25) is 0 Å². The number of aromatic nitrogens is 2. The molecule has 1 aromatic carbocycles. The monoisotopic (exact) mass is 353 g/mol. The molecule has 0 amide bonds. The summed E-state index contributed by atoms with van der Waals surface area (Å²) in [6, 6.07) is 6.90. The summed E-state index contributed by atoms with van der Waals surface area (Å²) >= 11 is 3.59. The van der Waals surface area contributed by atoms with Crippen molar-refractivity contribution in [1.82, 2.24) is 15.1 Å². The van der Waals surface area contributed by atoms with E-state index < -0.39 is 0 Å². The summed E-state index contributed by atoms with van der Waals surface area (Å²) in [4.78, 5) is 0. The van der Waals surface area contributed by atoms with E-state index in [9.17, 15) is 4.39 Å². The van der Waals surface area contributed by atoms with Crippen LogP contribution >= 0.6 is 15.9 Å². The van der Waals surface area contributed by atoms with Gasteiger partial charge in [-0.1, -0.05) is 26.0 Å². The molecule has 1 aromatic heterocycles. The highest BCUT2D eigenvalue weighted by atomic mass is 79.9. The van der Waals surface area contributed by atoms with Crippen molar-refractivity contribution < 1.29 is 4.39 Å². The lowest BCUT2D eigenvalue weighted by Gasteiger charge is -2.20. The lowest BCUT2D eigenvalue weighted by atomic mass is 10.0. The third-order valence-electron chi connectivity index (χ3n) is 3.38. The van der Waals surface area contributed by atoms with Gasteiger partial charge in [0.1, 0.15) is 5.82 Å². The van der Waals surface area contributed by atoms with Crippen LogP contribution in [0.1, 0.15) is 37.6 Å². The molecule has 0 fully saturated rings. The van der Waals surface area contributed by atoms with Crippen LogP contribution in [0.4, 0.5) is 4.39 Å². The van der Waals surface area contributed by atoms with Crippen molar-refractivity contribution in [3.8, 4) is 0 Å². The van der Waals surface area contributed by atoms with Gasteiger partial charge in [-0.3, -0.25) is 4.68 Å². The van der Waals surface area contributed by atoms with Gasteiger partial charge in [-0.15, -0.1) is 0 Å². The molecule has 0 spiro atoms. The first-order chi connectivity index (χ1) is 10.2. The number of aryl methyl sites for hydroxylation is 1. The smallest absolute Gasteiger partial charge is 0.123 e. The highest BCUT2D eigenvalue weighted by Crippen LogP contribution is 2.26. The highest BCUT2D eigenvalue weighted by molar-refractivity contribution is 9.10. The summed E-state index contributed by atoms with van der Waals surface area (Å²) in [5.41, 5.74) is 2.11. The minimum atomic E-state index is -0.191. The molecule has 1 heterocycles. The van der Waals surface area contributed by atoms with Crippen LogP contribution in [-0.2, 0) is 13.0 Å². The van der Waals surface area contributed by atoms with Crippen molar-refractivity contribution in [2.75, 3.05) is 6.54 Å². The number of nitrogens with one attached hydrogen (secondary N) is 1. The Bertz CT molecular complexity index is 583. The fraction of sp³-hybridized carbons (Fsp3) is 0.438. The van der Waals surface area contributed by atoms with Crippen LogP contribution in [-0.4, -0.2) is 16.3 Å². The molecule has 1 atom stereocenters. The number of hydrogen-bond donors (Lipinski definition) is 1. The van der Waals surface area contributed by atoms with Crippen molar-refractivity contribution in [2.24, 2.45) is 0 Å². The predicted molar refractivity (Wildman–Crippen MR) is 86.7 cm³/mol. The van der Waals surface area contributed by atoms with E-state index in [0.29, 0.717) is 0 Å². The van der Waals surface area contributed by atoms with E-state index in [1.165, 1.54) is 6.07 Å². The molecule has 0 radical (unpaired) electrons. The summed E-state index contributed by atoms with van der Waals surface area (Å²) in [6.07, 6.45) is 3.60. The molecule has 5 heteroatoms. The summed E-state index contributed by atoms with van der Waals surface area (Å²) in [6.45, 7) is 5.94. The van der Waals surface area contributed by atoms with Crippen molar-refractivity contribution >= 4 is 15.9 Å². The fourth-order valence-electron chi connectivity index (χ4n) is 2.52.